The molecule has 88 valence electrons. The van der Waals surface area contributed by atoms with Crippen molar-refractivity contribution in [2.75, 3.05) is 13.7 Å². The third-order valence-corrected chi connectivity index (χ3v) is 4.02. The van der Waals surface area contributed by atoms with Crippen molar-refractivity contribution in [2.45, 2.75) is 25.2 Å². The number of benzene rings is 1. The molecule has 16 heavy (non-hydrogen) atoms. The maximum atomic E-state index is 6.06. The van der Waals surface area contributed by atoms with Gasteiger partial charge in [-0.1, -0.05) is 24.9 Å². The Morgan fingerprint density at radius 3 is 2.81 bits per heavy atom. The average Bonchev–Trinajstić information content (AvgIpc) is 3.04. The van der Waals surface area contributed by atoms with Gasteiger partial charge in [-0.05, 0) is 30.5 Å². The van der Waals surface area contributed by atoms with Gasteiger partial charge in [-0.2, -0.15) is 0 Å². The van der Waals surface area contributed by atoms with Gasteiger partial charge in [-0.3, -0.25) is 0 Å². The Balaban J connectivity index is 2.42. The lowest BCUT2D eigenvalue weighted by molar-refractivity contribution is 0.401. The van der Waals surface area contributed by atoms with Gasteiger partial charge in [0.1, 0.15) is 5.75 Å². The monoisotopic (exact) mass is 239 g/mol. The third-order valence-electron chi connectivity index (χ3n) is 3.79. The standard InChI is InChI=1S/C13H18ClNO/c1-3-9-7-13(9,8-15)11-6-10(14)4-5-12(11)16-2/h4-6,9H,3,7-8,15H2,1-2H3. The Labute approximate surface area is 102 Å². The van der Waals surface area contributed by atoms with Gasteiger partial charge in [0, 0.05) is 22.5 Å². The summed E-state index contributed by atoms with van der Waals surface area (Å²) in [6, 6.07) is 5.79. The molecule has 1 aromatic carbocycles. The molecule has 0 radical (unpaired) electrons. The van der Waals surface area contributed by atoms with Gasteiger partial charge in [0.25, 0.3) is 0 Å². The van der Waals surface area contributed by atoms with Gasteiger partial charge >= 0.3 is 0 Å². The SMILES string of the molecule is CCC1CC1(CN)c1cc(Cl)ccc1OC. The van der Waals surface area contributed by atoms with Crippen LogP contribution >= 0.6 is 11.6 Å². The van der Waals surface area contributed by atoms with Crippen LogP contribution in [0, 0.1) is 5.92 Å². The molecular weight excluding hydrogens is 222 g/mol. The Hall–Kier alpha value is -0.730. The van der Waals surface area contributed by atoms with Crippen molar-refractivity contribution in [3.63, 3.8) is 0 Å². The number of methoxy groups -OCH3 is 1. The van der Waals surface area contributed by atoms with Crippen LogP contribution in [-0.4, -0.2) is 13.7 Å². The van der Waals surface area contributed by atoms with Crippen LogP contribution in [-0.2, 0) is 5.41 Å². The molecule has 0 bridgehead atoms. The molecular formula is C13H18ClNO. The highest BCUT2D eigenvalue weighted by Gasteiger charge is 2.54. The first-order valence-electron chi connectivity index (χ1n) is 5.72. The van der Waals surface area contributed by atoms with E-state index in [0.29, 0.717) is 12.5 Å². The molecule has 1 saturated carbocycles. The fraction of sp³-hybridized carbons (Fsp3) is 0.538. The molecule has 2 atom stereocenters. The second-order valence-corrected chi connectivity index (χ2v) is 4.95. The molecule has 0 heterocycles. The quantitative estimate of drug-likeness (QED) is 0.877. The summed E-state index contributed by atoms with van der Waals surface area (Å²) >= 11 is 6.06. The number of hydrogen-bond donors (Lipinski definition) is 1. The van der Waals surface area contributed by atoms with Gasteiger partial charge in [0.2, 0.25) is 0 Å². The highest BCUT2D eigenvalue weighted by molar-refractivity contribution is 6.30. The second kappa shape index (κ2) is 4.27. The van der Waals surface area contributed by atoms with E-state index < -0.39 is 0 Å². The largest absolute Gasteiger partial charge is 0.496 e. The smallest absolute Gasteiger partial charge is 0.122 e. The van der Waals surface area contributed by atoms with Gasteiger partial charge < -0.3 is 10.5 Å². The first kappa shape index (κ1) is 11.7. The second-order valence-electron chi connectivity index (χ2n) is 4.51. The molecule has 3 heteroatoms. The number of ether oxygens (including phenoxy) is 1. The van der Waals surface area contributed by atoms with Crippen molar-refractivity contribution in [2.24, 2.45) is 11.7 Å². The van der Waals surface area contributed by atoms with E-state index in [0.717, 1.165) is 23.6 Å². The minimum atomic E-state index is 0.102. The fourth-order valence-electron chi connectivity index (χ4n) is 2.67. The zero-order valence-electron chi connectivity index (χ0n) is 9.79. The maximum absolute atomic E-state index is 6.06. The highest BCUT2D eigenvalue weighted by atomic mass is 35.5. The normalized spacial score (nSPS) is 27.9. The van der Waals surface area contributed by atoms with E-state index in [2.05, 4.69) is 6.92 Å². The summed E-state index contributed by atoms with van der Waals surface area (Å²) in [5, 5.41) is 0.755. The molecule has 1 fully saturated rings. The minimum absolute atomic E-state index is 0.102. The summed E-state index contributed by atoms with van der Waals surface area (Å²) in [5.74, 6) is 1.58. The fourth-order valence-corrected chi connectivity index (χ4v) is 2.85. The molecule has 0 amide bonds. The topological polar surface area (TPSA) is 35.2 Å². The predicted molar refractivity (Wildman–Crippen MR) is 67.1 cm³/mol. The van der Waals surface area contributed by atoms with E-state index >= 15 is 0 Å². The maximum Gasteiger partial charge on any atom is 0.122 e. The molecule has 0 aromatic heterocycles. The van der Waals surface area contributed by atoms with Crippen molar-refractivity contribution in [1.29, 1.82) is 0 Å². The molecule has 0 spiro atoms. The highest BCUT2D eigenvalue weighted by Crippen LogP contribution is 2.57. The van der Waals surface area contributed by atoms with Gasteiger partial charge in [0.15, 0.2) is 0 Å². The molecule has 0 saturated heterocycles. The molecule has 2 rings (SSSR count). The van der Waals surface area contributed by atoms with E-state index in [1.54, 1.807) is 7.11 Å². The molecule has 0 aliphatic heterocycles. The molecule has 1 aromatic rings. The summed E-state index contributed by atoms with van der Waals surface area (Å²) in [6.07, 6.45) is 2.31. The van der Waals surface area contributed by atoms with Crippen LogP contribution in [0.2, 0.25) is 5.02 Å². The Bertz CT molecular complexity index is 394. The number of hydrogen-bond acceptors (Lipinski definition) is 2. The minimum Gasteiger partial charge on any atom is -0.496 e. The van der Waals surface area contributed by atoms with Crippen molar-refractivity contribution >= 4 is 11.6 Å². The zero-order chi connectivity index (χ0) is 11.8. The summed E-state index contributed by atoms with van der Waals surface area (Å²) < 4.78 is 5.41. The van der Waals surface area contributed by atoms with E-state index in [1.807, 2.05) is 18.2 Å². The molecule has 2 N–H and O–H groups in total. The van der Waals surface area contributed by atoms with Crippen molar-refractivity contribution in [1.82, 2.24) is 0 Å². The Morgan fingerprint density at radius 1 is 1.56 bits per heavy atom. The van der Waals surface area contributed by atoms with E-state index in [-0.39, 0.29) is 5.41 Å². The van der Waals surface area contributed by atoms with E-state index in [9.17, 15) is 0 Å². The van der Waals surface area contributed by atoms with Crippen LogP contribution in [0.25, 0.3) is 0 Å². The number of rotatable bonds is 4. The predicted octanol–water partition coefficient (Wildman–Crippen LogP) is 2.98. The average molecular weight is 240 g/mol. The summed E-state index contributed by atoms with van der Waals surface area (Å²) in [5.41, 5.74) is 7.22. The van der Waals surface area contributed by atoms with Crippen LogP contribution in [0.1, 0.15) is 25.3 Å². The van der Waals surface area contributed by atoms with Crippen LogP contribution in [0.15, 0.2) is 18.2 Å². The van der Waals surface area contributed by atoms with Crippen LogP contribution < -0.4 is 10.5 Å². The summed E-state index contributed by atoms with van der Waals surface area (Å²) in [6.45, 7) is 2.88. The van der Waals surface area contributed by atoms with Crippen molar-refractivity contribution < 1.29 is 4.74 Å². The van der Waals surface area contributed by atoms with Crippen molar-refractivity contribution in [3.8, 4) is 5.75 Å². The number of nitrogens with two attached hydrogens (primary N) is 1. The Morgan fingerprint density at radius 2 is 2.31 bits per heavy atom. The third kappa shape index (κ3) is 1.70. The van der Waals surface area contributed by atoms with Gasteiger partial charge in [0.05, 0.1) is 7.11 Å². The van der Waals surface area contributed by atoms with Crippen LogP contribution in [0.5, 0.6) is 5.75 Å². The summed E-state index contributed by atoms with van der Waals surface area (Å²) in [7, 11) is 1.69. The number of halogens is 1. The molecule has 2 nitrogen and oxygen atoms in total. The lowest BCUT2D eigenvalue weighted by Crippen LogP contribution is -2.23. The van der Waals surface area contributed by atoms with Crippen molar-refractivity contribution in [3.05, 3.63) is 28.8 Å². The lowest BCUT2D eigenvalue weighted by atomic mass is 9.91. The van der Waals surface area contributed by atoms with Gasteiger partial charge in [-0.25, -0.2) is 0 Å². The van der Waals surface area contributed by atoms with E-state index in [1.165, 1.54) is 5.56 Å². The van der Waals surface area contributed by atoms with Crippen LogP contribution in [0.3, 0.4) is 0 Å². The molecule has 2 unspecified atom stereocenters. The molecule has 1 aliphatic rings. The molecule has 1 aliphatic carbocycles. The zero-order valence-corrected chi connectivity index (χ0v) is 10.6. The van der Waals surface area contributed by atoms with E-state index in [4.69, 9.17) is 22.1 Å². The van der Waals surface area contributed by atoms with Gasteiger partial charge in [-0.15, -0.1) is 0 Å². The Kier molecular flexibility index (Phi) is 3.13. The first-order chi connectivity index (χ1) is 7.67. The van der Waals surface area contributed by atoms with Crippen LogP contribution in [0.4, 0.5) is 0 Å². The summed E-state index contributed by atoms with van der Waals surface area (Å²) in [4.78, 5) is 0. The first-order valence-corrected chi connectivity index (χ1v) is 6.09. The lowest BCUT2D eigenvalue weighted by Gasteiger charge is -2.19.